The maximum absolute atomic E-state index is 12.9. The largest absolute Gasteiger partial charge is 0.496 e. The summed E-state index contributed by atoms with van der Waals surface area (Å²) in [5, 5.41) is 2.79. The number of benzene rings is 2. The molecule has 7 nitrogen and oxygen atoms in total. The van der Waals surface area contributed by atoms with E-state index in [1.165, 1.54) is 19.2 Å². The fraction of sp³-hybridized carbons (Fsp3) is 0.381. The Morgan fingerprint density at radius 3 is 2.38 bits per heavy atom. The van der Waals surface area contributed by atoms with Crippen LogP contribution >= 0.6 is 0 Å². The van der Waals surface area contributed by atoms with Crippen LogP contribution in [-0.2, 0) is 26.0 Å². The third-order valence-electron chi connectivity index (χ3n) is 4.38. The SMILES string of the molecule is COC[C@H](C)NC(=O)[C@@H](Cc1ccccc1)NS(=O)(=O)c1ccc(OC)c(C)c1. The van der Waals surface area contributed by atoms with E-state index in [9.17, 15) is 13.2 Å². The van der Waals surface area contributed by atoms with Crippen LogP contribution in [0.5, 0.6) is 5.75 Å². The summed E-state index contributed by atoms with van der Waals surface area (Å²) in [6.07, 6.45) is 0.223. The molecular weight excluding hydrogens is 392 g/mol. The fourth-order valence-corrected chi connectivity index (χ4v) is 4.23. The highest BCUT2D eigenvalue weighted by Crippen LogP contribution is 2.21. The lowest BCUT2D eigenvalue weighted by atomic mass is 10.1. The van der Waals surface area contributed by atoms with Gasteiger partial charge >= 0.3 is 0 Å². The number of rotatable bonds is 10. The van der Waals surface area contributed by atoms with Crippen LogP contribution in [0.1, 0.15) is 18.1 Å². The molecular formula is C21H28N2O5S. The predicted molar refractivity (Wildman–Crippen MR) is 111 cm³/mol. The lowest BCUT2D eigenvalue weighted by Crippen LogP contribution is -2.50. The van der Waals surface area contributed by atoms with Crippen molar-refractivity contribution in [1.82, 2.24) is 10.0 Å². The molecule has 1 amide bonds. The van der Waals surface area contributed by atoms with Crippen LogP contribution in [0, 0.1) is 6.92 Å². The Balaban J connectivity index is 2.27. The number of aryl methyl sites for hydroxylation is 1. The minimum absolute atomic E-state index is 0.0756. The lowest BCUT2D eigenvalue weighted by molar-refractivity contribution is -0.123. The van der Waals surface area contributed by atoms with Crippen LogP contribution in [0.15, 0.2) is 53.4 Å². The molecule has 0 saturated heterocycles. The van der Waals surface area contributed by atoms with Crippen LogP contribution in [-0.4, -0.2) is 47.2 Å². The second-order valence-corrected chi connectivity index (χ2v) is 8.57. The van der Waals surface area contributed by atoms with E-state index in [2.05, 4.69) is 10.0 Å². The third kappa shape index (κ3) is 6.56. The summed E-state index contributed by atoms with van der Waals surface area (Å²) in [4.78, 5) is 12.9. The zero-order chi connectivity index (χ0) is 21.4. The fourth-order valence-electron chi connectivity index (χ4n) is 2.95. The molecule has 2 N–H and O–H groups in total. The molecule has 0 saturated carbocycles. The van der Waals surface area contributed by atoms with E-state index in [1.54, 1.807) is 27.0 Å². The molecule has 158 valence electrons. The van der Waals surface area contributed by atoms with Crippen molar-refractivity contribution in [3.05, 3.63) is 59.7 Å². The molecule has 0 aliphatic rings. The maximum atomic E-state index is 12.9. The van der Waals surface area contributed by atoms with Crippen LogP contribution in [0.2, 0.25) is 0 Å². The van der Waals surface area contributed by atoms with Gasteiger partial charge in [-0.2, -0.15) is 4.72 Å². The topological polar surface area (TPSA) is 93.7 Å². The van der Waals surface area contributed by atoms with Crippen LogP contribution in [0.3, 0.4) is 0 Å². The highest BCUT2D eigenvalue weighted by molar-refractivity contribution is 7.89. The monoisotopic (exact) mass is 420 g/mol. The average molecular weight is 421 g/mol. The van der Waals surface area contributed by atoms with E-state index in [0.717, 1.165) is 5.56 Å². The Hall–Kier alpha value is -2.42. The Labute approximate surface area is 172 Å². The lowest BCUT2D eigenvalue weighted by Gasteiger charge is -2.21. The number of amides is 1. The first-order valence-corrected chi connectivity index (χ1v) is 10.8. The Morgan fingerprint density at radius 1 is 1.10 bits per heavy atom. The van der Waals surface area contributed by atoms with Gasteiger partial charge in [0.2, 0.25) is 15.9 Å². The molecule has 0 spiro atoms. The molecule has 0 heterocycles. The number of methoxy groups -OCH3 is 2. The molecule has 0 bridgehead atoms. The van der Waals surface area contributed by atoms with Crippen LogP contribution in [0.4, 0.5) is 0 Å². The van der Waals surface area contributed by atoms with Gasteiger partial charge < -0.3 is 14.8 Å². The average Bonchev–Trinajstić information content (AvgIpc) is 2.68. The Morgan fingerprint density at radius 2 is 1.79 bits per heavy atom. The summed E-state index contributed by atoms with van der Waals surface area (Å²) in [7, 11) is -0.853. The first-order valence-electron chi connectivity index (χ1n) is 9.27. The number of hydrogen-bond donors (Lipinski definition) is 2. The summed E-state index contributed by atoms with van der Waals surface area (Å²) in [5.41, 5.74) is 1.54. The molecule has 2 aromatic rings. The summed E-state index contributed by atoms with van der Waals surface area (Å²) in [6.45, 7) is 3.88. The van der Waals surface area contributed by atoms with Gasteiger partial charge in [-0.1, -0.05) is 30.3 Å². The number of nitrogens with one attached hydrogen (secondary N) is 2. The van der Waals surface area contributed by atoms with Crippen molar-refractivity contribution in [2.45, 2.75) is 37.2 Å². The number of ether oxygens (including phenoxy) is 2. The molecule has 0 fully saturated rings. The van der Waals surface area contributed by atoms with Gasteiger partial charge in [-0.3, -0.25) is 4.79 Å². The van der Waals surface area contributed by atoms with Gasteiger partial charge in [0.1, 0.15) is 11.8 Å². The van der Waals surface area contributed by atoms with Crippen molar-refractivity contribution in [2.24, 2.45) is 0 Å². The highest BCUT2D eigenvalue weighted by Gasteiger charge is 2.27. The van der Waals surface area contributed by atoms with Gasteiger partial charge in [0.05, 0.1) is 18.6 Å². The molecule has 8 heteroatoms. The van der Waals surface area contributed by atoms with E-state index in [1.807, 2.05) is 30.3 Å². The van der Waals surface area contributed by atoms with E-state index in [0.29, 0.717) is 17.9 Å². The normalized spacial score (nSPS) is 13.5. The van der Waals surface area contributed by atoms with E-state index >= 15 is 0 Å². The van der Waals surface area contributed by atoms with Crippen molar-refractivity contribution < 1.29 is 22.7 Å². The van der Waals surface area contributed by atoms with E-state index < -0.39 is 22.0 Å². The zero-order valence-electron chi connectivity index (χ0n) is 17.1. The number of sulfonamides is 1. The molecule has 2 aromatic carbocycles. The highest BCUT2D eigenvalue weighted by atomic mass is 32.2. The third-order valence-corrected chi connectivity index (χ3v) is 5.85. The van der Waals surface area contributed by atoms with E-state index in [-0.39, 0.29) is 17.4 Å². The van der Waals surface area contributed by atoms with Gasteiger partial charge in [0.25, 0.3) is 0 Å². The van der Waals surface area contributed by atoms with Crippen LogP contribution < -0.4 is 14.8 Å². The molecule has 2 atom stereocenters. The number of hydrogen-bond acceptors (Lipinski definition) is 5. The van der Waals surface area contributed by atoms with Crippen molar-refractivity contribution in [3.63, 3.8) is 0 Å². The number of carbonyl (C=O) groups is 1. The summed E-state index contributed by atoms with van der Waals surface area (Å²) in [6, 6.07) is 12.6. The van der Waals surface area contributed by atoms with Gasteiger partial charge in [-0.05, 0) is 49.6 Å². The summed E-state index contributed by atoms with van der Waals surface area (Å²) < 4.78 is 38.7. The quantitative estimate of drug-likeness (QED) is 0.614. The number of carbonyl (C=O) groups excluding carboxylic acids is 1. The summed E-state index contributed by atoms with van der Waals surface area (Å²) >= 11 is 0. The van der Waals surface area contributed by atoms with Gasteiger partial charge in [-0.25, -0.2) is 8.42 Å². The standard InChI is InChI=1S/C21H28N2O5S/c1-15-12-18(10-11-20(15)28-4)29(25,26)23-19(13-17-8-6-5-7-9-17)21(24)22-16(2)14-27-3/h5-12,16,19,23H,13-14H2,1-4H3,(H,22,24)/t16-,19+/m0/s1. The minimum atomic E-state index is -3.92. The molecule has 0 unspecified atom stereocenters. The van der Waals surface area contributed by atoms with Crippen molar-refractivity contribution in [1.29, 1.82) is 0 Å². The first-order chi connectivity index (χ1) is 13.8. The van der Waals surface area contributed by atoms with Gasteiger partial charge in [-0.15, -0.1) is 0 Å². The smallest absolute Gasteiger partial charge is 0.241 e. The van der Waals surface area contributed by atoms with Crippen LogP contribution in [0.25, 0.3) is 0 Å². The van der Waals surface area contributed by atoms with Crippen molar-refractivity contribution in [3.8, 4) is 5.75 Å². The first kappa shape index (κ1) is 22.9. The zero-order valence-corrected chi connectivity index (χ0v) is 18.0. The van der Waals surface area contributed by atoms with Gasteiger partial charge in [0, 0.05) is 13.2 Å². The molecule has 2 rings (SSSR count). The molecule has 0 aliphatic heterocycles. The van der Waals surface area contributed by atoms with E-state index in [4.69, 9.17) is 9.47 Å². The molecule has 0 aliphatic carbocycles. The molecule has 0 aromatic heterocycles. The Bertz CT molecular complexity index is 916. The molecule has 0 radical (unpaired) electrons. The second-order valence-electron chi connectivity index (χ2n) is 6.86. The Kier molecular flexibility index (Phi) is 8.19. The maximum Gasteiger partial charge on any atom is 0.241 e. The summed E-state index contributed by atoms with van der Waals surface area (Å²) in [5.74, 6) is 0.183. The molecule has 29 heavy (non-hydrogen) atoms. The van der Waals surface area contributed by atoms with Gasteiger partial charge in [0.15, 0.2) is 0 Å². The second kappa shape index (κ2) is 10.4. The van der Waals surface area contributed by atoms with Crippen molar-refractivity contribution >= 4 is 15.9 Å². The van der Waals surface area contributed by atoms with Crippen molar-refractivity contribution in [2.75, 3.05) is 20.8 Å². The minimum Gasteiger partial charge on any atom is -0.496 e. The predicted octanol–water partition coefficient (Wildman–Crippen LogP) is 2.04.